The van der Waals surface area contributed by atoms with Crippen molar-refractivity contribution in [3.63, 3.8) is 0 Å². The summed E-state index contributed by atoms with van der Waals surface area (Å²) in [6, 6.07) is 1.80. The standard InChI is InChI=1S/C17H23N5O3S/c1-11-18-14-5-3-4-13(14)17(19-11)21-6-7-22-12(9-21)8-15(20-22)16(23)10-26(2,24)25/h8,16,23H,3-7,9-10H2,1-2H3/t16-/m0/s1. The van der Waals surface area contributed by atoms with Gasteiger partial charge in [0.2, 0.25) is 0 Å². The third kappa shape index (κ3) is 3.33. The molecule has 1 aliphatic heterocycles. The van der Waals surface area contributed by atoms with Crippen LogP contribution in [0.4, 0.5) is 5.82 Å². The number of nitrogens with zero attached hydrogens (tertiary/aromatic N) is 5. The van der Waals surface area contributed by atoms with E-state index in [0.29, 0.717) is 18.8 Å². The third-order valence-electron chi connectivity index (χ3n) is 4.94. The molecule has 2 aromatic rings. The van der Waals surface area contributed by atoms with Crippen molar-refractivity contribution in [1.29, 1.82) is 0 Å². The van der Waals surface area contributed by atoms with E-state index < -0.39 is 15.9 Å². The molecule has 0 radical (unpaired) electrons. The fourth-order valence-electron chi connectivity index (χ4n) is 3.80. The maximum Gasteiger partial charge on any atom is 0.150 e. The number of aliphatic hydroxyl groups excluding tert-OH is 1. The smallest absolute Gasteiger partial charge is 0.150 e. The maximum atomic E-state index is 11.4. The van der Waals surface area contributed by atoms with Gasteiger partial charge in [0.1, 0.15) is 27.6 Å². The predicted molar refractivity (Wildman–Crippen MR) is 96.7 cm³/mol. The first kappa shape index (κ1) is 17.4. The van der Waals surface area contributed by atoms with Crippen LogP contribution in [0.25, 0.3) is 0 Å². The number of fused-ring (bicyclic) bond motifs is 2. The minimum Gasteiger partial charge on any atom is -0.386 e. The van der Waals surface area contributed by atoms with Crippen molar-refractivity contribution >= 4 is 15.7 Å². The average Bonchev–Trinajstić information content (AvgIpc) is 3.17. The molecular weight excluding hydrogens is 354 g/mol. The van der Waals surface area contributed by atoms with Gasteiger partial charge >= 0.3 is 0 Å². The number of aliphatic hydroxyl groups is 1. The van der Waals surface area contributed by atoms with Crippen molar-refractivity contribution in [2.45, 2.75) is 45.4 Å². The molecule has 0 spiro atoms. The lowest BCUT2D eigenvalue weighted by molar-refractivity contribution is 0.195. The van der Waals surface area contributed by atoms with Gasteiger partial charge in [-0.2, -0.15) is 5.10 Å². The second kappa shape index (κ2) is 6.31. The zero-order valence-corrected chi connectivity index (χ0v) is 15.8. The van der Waals surface area contributed by atoms with E-state index in [-0.39, 0.29) is 5.75 Å². The molecule has 0 saturated heterocycles. The minimum atomic E-state index is -3.26. The molecule has 1 N–H and O–H groups in total. The van der Waals surface area contributed by atoms with E-state index in [1.807, 2.05) is 11.6 Å². The van der Waals surface area contributed by atoms with Crippen LogP contribution in [0.1, 0.15) is 41.0 Å². The monoisotopic (exact) mass is 377 g/mol. The summed E-state index contributed by atoms with van der Waals surface area (Å²) in [5, 5.41) is 14.6. The first-order valence-corrected chi connectivity index (χ1v) is 10.9. The Hall–Kier alpha value is -2.00. The summed E-state index contributed by atoms with van der Waals surface area (Å²) in [7, 11) is -3.26. The van der Waals surface area contributed by atoms with Crippen LogP contribution in [0.3, 0.4) is 0 Å². The lowest BCUT2D eigenvalue weighted by atomic mass is 10.2. The molecule has 0 bridgehead atoms. The molecule has 140 valence electrons. The first-order chi connectivity index (χ1) is 12.3. The van der Waals surface area contributed by atoms with Crippen molar-refractivity contribution in [2.75, 3.05) is 23.5 Å². The molecule has 3 heterocycles. The van der Waals surface area contributed by atoms with Crippen LogP contribution in [0, 0.1) is 6.92 Å². The molecule has 2 aromatic heterocycles. The van der Waals surface area contributed by atoms with Gasteiger partial charge in [0.25, 0.3) is 0 Å². The van der Waals surface area contributed by atoms with Crippen molar-refractivity contribution in [2.24, 2.45) is 0 Å². The molecule has 1 atom stereocenters. The van der Waals surface area contributed by atoms with Crippen LogP contribution >= 0.6 is 0 Å². The Morgan fingerprint density at radius 3 is 2.85 bits per heavy atom. The molecule has 9 heteroatoms. The molecule has 0 saturated carbocycles. The third-order valence-corrected chi connectivity index (χ3v) is 5.86. The fraction of sp³-hybridized carbons (Fsp3) is 0.588. The fourth-order valence-corrected chi connectivity index (χ4v) is 4.54. The molecule has 0 fully saturated rings. The van der Waals surface area contributed by atoms with E-state index in [9.17, 15) is 13.5 Å². The van der Waals surface area contributed by atoms with Gasteiger partial charge < -0.3 is 10.0 Å². The van der Waals surface area contributed by atoms with Gasteiger partial charge in [-0.1, -0.05) is 0 Å². The van der Waals surface area contributed by atoms with Crippen molar-refractivity contribution in [1.82, 2.24) is 19.7 Å². The molecular formula is C17H23N5O3S. The zero-order valence-electron chi connectivity index (χ0n) is 15.0. The topological polar surface area (TPSA) is 101 Å². The largest absolute Gasteiger partial charge is 0.386 e. The molecule has 26 heavy (non-hydrogen) atoms. The lowest BCUT2D eigenvalue weighted by Crippen LogP contribution is -2.35. The normalized spacial score (nSPS) is 17.9. The van der Waals surface area contributed by atoms with Gasteiger partial charge in [-0.3, -0.25) is 4.68 Å². The number of aryl methyl sites for hydroxylation is 2. The van der Waals surface area contributed by atoms with E-state index in [0.717, 1.165) is 55.1 Å². The van der Waals surface area contributed by atoms with E-state index in [2.05, 4.69) is 20.0 Å². The number of hydrogen-bond donors (Lipinski definition) is 1. The Kier molecular flexibility index (Phi) is 4.23. The Bertz CT molecular complexity index is 954. The highest BCUT2D eigenvalue weighted by atomic mass is 32.2. The van der Waals surface area contributed by atoms with Gasteiger partial charge in [0, 0.05) is 24.1 Å². The summed E-state index contributed by atoms with van der Waals surface area (Å²) < 4.78 is 24.7. The number of anilines is 1. The molecule has 0 aromatic carbocycles. The van der Waals surface area contributed by atoms with Gasteiger partial charge in [0.05, 0.1) is 30.2 Å². The molecule has 2 aliphatic rings. The minimum absolute atomic E-state index is 0.314. The molecule has 8 nitrogen and oxygen atoms in total. The van der Waals surface area contributed by atoms with Crippen LogP contribution in [-0.2, 0) is 35.8 Å². The van der Waals surface area contributed by atoms with Crippen molar-refractivity contribution in [3.8, 4) is 0 Å². The van der Waals surface area contributed by atoms with Crippen LogP contribution < -0.4 is 4.90 Å². The van der Waals surface area contributed by atoms with E-state index in [1.54, 1.807) is 6.07 Å². The summed E-state index contributed by atoms with van der Waals surface area (Å²) in [5.74, 6) is 1.49. The van der Waals surface area contributed by atoms with Gasteiger partial charge in [-0.15, -0.1) is 0 Å². The number of rotatable bonds is 4. The summed E-state index contributed by atoms with van der Waals surface area (Å²) in [6.07, 6.45) is 3.17. The molecule has 4 rings (SSSR count). The lowest BCUT2D eigenvalue weighted by Gasteiger charge is -2.30. The van der Waals surface area contributed by atoms with Crippen LogP contribution in [0.2, 0.25) is 0 Å². The summed E-state index contributed by atoms with van der Waals surface area (Å²) in [4.78, 5) is 11.5. The first-order valence-electron chi connectivity index (χ1n) is 8.84. The van der Waals surface area contributed by atoms with Crippen LogP contribution in [0.15, 0.2) is 6.07 Å². The second-order valence-electron chi connectivity index (χ2n) is 7.19. The number of sulfone groups is 1. The van der Waals surface area contributed by atoms with Gasteiger partial charge in [-0.05, 0) is 32.3 Å². The van der Waals surface area contributed by atoms with Crippen molar-refractivity contribution < 1.29 is 13.5 Å². The van der Waals surface area contributed by atoms with E-state index >= 15 is 0 Å². The SMILES string of the molecule is Cc1nc2c(c(N3CCn4nc([C@@H](O)CS(C)(=O)=O)cc4C3)n1)CCC2. The Labute approximate surface area is 152 Å². The summed E-state index contributed by atoms with van der Waals surface area (Å²) in [5.41, 5.74) is 3.79. The molecule has 1 aliphatic carbocycles. The second-order valence-corrected chi connectivity index (χ2v) is 9.37. The number of aromatic nitrogens is 4. The maximum absolute atomic E-state index is 11.4. The van der Waals surface area contributed by atoms with Crippen LogP contribution in [-0.4, -0.2) is 51.8 Å². The molecule has 0 unspecified atom stereocenters. The average molecular weight is 377 g/mol. The highest BCUT2D eigenvalue weighted by Crippen LogP contribution is 2.31. The van der Waals surface area contributed by atoms with Gasteiger partial charge in [0.15, 0.2) is 0 Å². The van der Waals surface area contributed by atoms with Crippen LogP contribution in [0.5, 0.6) is 0 Å². The van der Waals surface area contributed by atoms with Crippen molar-refractivity contribution in [3.05, 3.63) is 34.5 Å². The highest BCUT2D eigenvalue weighted by molar-refractivity contribution is 7.90. The summed E-state index contributed by atoms with van der Waals surface area (Å²) >= 11 is 0. The number of hydrogen-bond acceptors (Lipinski definition) is 7. The Balaban J connectivity index is 1.59. The highest BCUT2D eigenvalue weighted by Gasteiger charge is 2.27. The Morgan fingerprint density at radius 2 is 2.08 bits per heavy atom. The quantitative estimate of drug-likeness (QED) is 0.831. The van der Waals surface area contributed by atoms with Gasteiger partial charge in [-0.25, -0.2) is 18.4 Å². The van der Waals surface area contributed by atoms with E-state index in [1.165, 1.54) is 5.56 Å². The summed E-state index contributed by atoms with van der Waals surface area (Å²) in [6.45, 7) is 4.02. The molecule has 0 amide bonds. The zero-order chi connectivity index (χ0) is 18.5. The predicted octanol–water partition coefficient (Wildman–Crippen LogP) is 0.568. The Morgan fingerprint density at radius 1 is 1.27 bits per heavy atom. The van der Waals surface area contributed by atoms with E-state index in [4.69, 9.17) is 0 Å².